The first-order valence-corrected chi connectivity index (χ1v) is 35.0. The van der Waals surface area contributed by atoms with Crippen LogP contribution in [0.4, 0.5) is 0 Å². The van der Waals surface area contributed by atoms with Crippen LogP contribution in [0.25, 0.3) is 0 Å². The highest BCUT2D eigenvalue weighted by Gasteiger charge is 2.48. The molecular weight excluding hydrogens is 1420 g/mol. The molecule has 0 saturated heterocycles. The molecule has 4 unspecified atom stereocenters. The molecule has 6 aliphatic rings. The van der Waals surface area contributed by atoms with Gasteiger partial charge in [-0.3, -0.25) is 28.8 Å². The van der Waals surface area contributed by atoms with E-state index in [2.05, 4.69) is 18.9 Å². The molecule has 0 aliphatic heterocycles. The average molecular weight is 1530 g/mol. The summed E-state index contributed by atoms with van der Waals surface area (Å²) in [4.78, 5) is 204. The number of rotatable bonds is 20. The molecule has 6 aliphatic carbocycles. The number of Topliss-reactive ketones (excluding diaryl/α,β-unsaturated/α-hetero) is 6. The summed E-state index contributed by atoms with van der Waals surface area (Å²) in [6.07, 6.45) is 13.9. The molecular formula is C78H108O30. The average Bonchev–Trinajstić information content (AvgIpc) is 1.72. The van der Waals surface area contributed by atoms with Gasteiger partial charge in [-0.1, -0.05) is 83.1 Å². The van der Waals surface area contributed by atoms with Crippen molar-refractivity contribution in [1.29, 1.82) is 0 Å². The SMILES string of the molecule is CC(C)(C)OC(=O)/C=C/C(=O)OC1C(=O)CCC1(C)C.CC(C)OC(=O)/C=C/C(=O)OC1C(=O)CCC1(C)C.CCOC(=O)/C=C/C(=O)OC1C(=O)CCC1(C)C.COC(=O)/C=C/C(=O)OC1C(=O)CCC1(C)C.COC(=O)/C=C/C(=O)O[C@@H]1C(=O)CCC1(C)C.COC(=O)/C=C/C(=O)O[C@H]1C(=O)CCC1(C)C. The number of hydrogen-bond donors (Lipinski definition) is 0. The second-order valence-corrected chi connectivity index (χ2v) is 31.0. The molecule has 6 saturated carbocycles. The van der Waals surface area contributed by atoms with Crippen LogP contribution in [-0.2, 0) is 143 Å². The number of ether oxygens (including phenoxy) is 12. The Labute approximate surface area is 630 Å². The number of hydrogen-bond acceptors (Lipinski definition) is 30. The molecule has 6 atom stereocenters. The minimum atomic E-state index is -0.738. The second-order valence-electron chi connectivity index (χ2n) is 31.0. The Balaban J connectivity index is 0.000000649. The Hall–Kier alpha value is -9.90. The zero-order valence-electron chi connectivity index (χ0n) is 65.9. The van der Waals surface area contributed by atoms with Gasteiger partial charge in [0.05, 0.1) is 34.0 Å². The van der Waals surface area contributed by atoms with Crippen molar-refractivity contribution in [2.45, 2.75) is 250 Å². The molecule has 0 radical (unpaired) electrons. The topological polar surface area (TPSA) is 418 Å². The maximum absolute atomic E-state index is 11.7. The van der Waals surface area contributed by atoms with Crippen molar-refractivity contribution in [3.05, 3.63) is 72.9 Å². The fourth-order valence-corrected chi connectivity index (χ4v) is 11.0. The molecule has 0 spiro atoms. The molecule has 0 N–H and O–H groups in total. The van der Waals surface area contributed by atoms with Gasteiger partial charge in [-0.25, -0.2) is 57.5 Å². The first-order chi connectivity index (χ1) is 49.7. The third-order valence-electron chi connectivity index (χ3n) is 17.3. The predicted octanol–water partition coefficient (Wildman–Crippen LogP) is 8.44. The molecule has 6 rings (SSSR count). The summed E-state index contributed by atoms with van der Waals surface area (Å²) in [7, 11) is 3.63. The highest BCUT2D eigenvalue weighted by Crippen LogP contribution is 2.42. The smallest absolute Gasteiger partial charge is 0.331 e. The van der Waals surface area contributed by atoms with Gasteiger partial charge in [-0.15, -0.1) is 0 Å². The summed E-state index contributed by atoms with van der Waals surface area (Å²) in [5, 5.41) is 0. The lowest BCUT2D eigenvalue weighted by atomic mass is 9.89. The van der Waals surface area contributed by atoms with E-state index in [0.717, 1.165) is 72.9 Å². The minimum absolute atomic E-state index is 0.0714. The van der Waals surface area contributed by atoms with Crippen molar-refractivity contribution in [1.82, 2.24) is 0 Å². The molecule has 600 valence electrons. The van der Waals surface area contributed by atoms with Gasteiger partial charge in [0.1, 0.15) is 5.60 Å². The summed E-state index contributed by atoms with van der Waals surface area (Å²) < 4.78 is 58.0. The third-order valence-corrected chi connectivity index (χ3v) is 17.3. The van der Waals surface area contributed by atoms with E-state index in [0.29, 0.717) is 77.0 Å². The molecule has 0 amide bonds. The molecule has 30 heteroatoms. The lowest BCUT2D eigenvalue weighted by Crippen LogP contribution is -2.33. The van der Waals surface area contributed by atoms with E-state index in [4.69, 9.17) is 37.9 Å². The molecule has 0 bridgehead atoms. The second kappa shape index (κ2) is 43.2. The van der Waals surface area contributed by atoms with Crippen LogP contribution in [-0.4, -0.2) is 183 Å². The van der Waals surface area contributed by atoms with Gasteiger partial charge < -0.3 is 56.8 Å². The van der Waals surface area contributed by atoms with Crippen LogP contribution in [0, 0.1) is 32.5 Å². The molecule has 0 aromatic rings. The van der Waals surface area contributed by atoms with Crippen molar-refractivity contribution in [3.63, 3.8) is 0 Å². The lowest BCUT2D eigenvalue weighted by Gasteiger charge is -2.24. The van der Waals surface area contributed by atoms with Crippen LogP contribution in [0.5, 0.6) is 0 Å². The molecule has 0 aromatic carbocycles. The van der Waals surface area contributed by atoms with Gasteiger partial charge in [-0.2, -0.15) is 0 Å². The molecule has 0 heterocycles. The van der Waals surface area contributed by atoms with Crippen LogP contribution in [0.2, 0.25) is 0 Å². The highest BCUT2D eigenvalue weighted by molar-refractivity contribution is 5.99. The summed E-state index contributed by atoms with van der Waals surface area (Å²) in [5.74, 6) is -8.41. The quantitative estimate of drug-likeness (QED) is 0.0626. The number of esters is 12. The summed E-state index contributed by atoms with van der Waals surface area (Å²) >= 11 is 0. The standard InChI is InChI=1S/C15H22O5.C14H20O5.C13H18O5.3C12H16O5/c1-14(2,3)20-12(18)7-6-11(17)19-13-10(16)8-9-15(13,4)5;1-9(2)18-11(16)5-6-12(17)19-13-10(15)7-8-14(13,3)4;1-4-17-10(15)5-6-11(16)18-12-9(14)7-8-13(12,2)3;3*1-12(2)7-6-8(13)11(12)17-10(15)5-4-9(14)16-3/h6-7,13H,8-9H2,1-5H3;5-6,9,13H,7-8H2,1-4H3;5-6,12H,4,7-8H2,1-3H3;3*4-5,11H,6-7H2,1-3H3/b7-6+;2*6-5+;3*5-4+/t;;;2*11-;/m...10./s1. The summed E-state index contributed by atoms with van der Waals surface area (Å²) in [6, 6.07) is 0. The molecule has 30 nitrogen and oxygen atoms in total. The normalized spacial score (nSPS) is 22.4. The van der Waals surface area contributed by atoms with E-state index >= 15 is 0 Å². The van der Waals surface area contributed by atoms with Crippen molar-refractivity contribution in [2.75, 3.05) is 27.9 Å². The number of methoxy groups -OCH3 is 3. The number of carbonyl (C=O) groups is 18. The van der Waals surface area contributed by atoms with Crippen molar-refractivity contribution < 1.29 is 143 Å². The van der Waals surface area contributed by atoms with Crippen LogP contribution >= 0.6 is 0 Å². The van der Waals surface area contributed by atoms with Crippen LogP contribution in [0.3, 0.4) is 0 Å². The zero-order chi connectivity index (χ0) is 83.1. The lowest BCUT2D eigenvalue weighted by molar-refractivity contribution is -0.154. The maximum Gasteiger partial charge on any atom is 0.331 e. The molecule has 0 aromatic heterocycles. The van der Waals surface area contributed by atoms with E-state index in [-0.39, 0.29) is 79.9 Å². The van der Waals surface area contributed by atoms with Crippen molar-refractivity contribution in [2.24, 2.45) is 32.5 Å². The Morgan fingerprint density at radius 1 is 0.315 bits per heavy atom. The van der Waals surface area contributed by atoms with Crippen LogP contribution in [0.15, 0.2) is 72.9 Å². The molecule has 6 fully saturated rings. The summed E-state index contributed by atoms with van der Waals surface area (Å²) in [6.45, 7) is 33.1. The van der Waals surface area contributed by atoms with Gasteiger partial charge in [0.25, 0.3) is 0 Å². The number of carbonyl (C=O) groups excluding carboxylic acids is 18. The third kappa shape index (κ3) is 34.8. The van der Waals surface area contributed by atoms with E-state index in [1.807, 2.05) is 83.1 Å². The fraction of sp³-hybridized carbons (Fsp3) is 0.615. The number of ketones is 6. The summed E-state index contributed by atoms with van der Waals surface area (Å²) in [5.41, 5.74) is -2.69. The Morgan fingerprint density at radius 3 is 0.648 bits per heavy atom. The monoisotopic (exact) mass is 1520 g/mol. The first kappa shape index (κ1) is 96.1. The van der Waals surface area contributed by atoms with E-state index in [1.165, 1.54) is 21.3 Å². The van der Waals surface area contributed by atoms with Gasteiger partial charge >= 0.3 is 71.6 Å². The Kier molecular flexibility index (Phi) is 38.4. The highest BCUT2D eigenvalue weighted by atomic mass is 16.6. The van der Waals surface area contributed by atoms with Crippen LogP contribution < -0.4 is 0 Å². The van der Waals surface area contributed by atoms with E-state index in [9.17, 15) is 86.3 Å². The van der Waals surface area contributed by atoms with Crippen molar-refractivity contribution >= 4 is 106 Å². The first-order valence-electron chi connectivity index (χ1n) is 35.0. The Bertz CT molecular complexity index is 3320. The fourth-order valence-electron chi connectivity index (χ4n) is 11.0. The van der Waals surface area contributed by atoms with Gasteiger partial charge in [0, 0.05) is 144 Å². The zero-order valence-corrected chi connectivity index (χ0v) is 65.9. The van der Waals surface area contributed by atoms with E-state index in [1.54, 1.807) is 41.5 Å². The van der Waals surface area contributed by atoms with Gasteiger partial charge in [-0.05, 0) is 80.1 Å². The Morgan fingerprint density at radius 2 is 0.491 bits per heavy atom. The maximum atomic E-state index is 11.7. The minimum Gasteiger partial charge on any atom is -0.466 e. The van der Waals surface area contributed by atoms with Crippen molar-refractivity contribution in [3.8, 4) is 0 Å². The van der Waals surface area contributed by atoms with Gasteiger partial charge in [0.15, 0.2) is 71.3 Å². The van der Waals surface area contributed by atoms with Gasteiger partial charge in [0.2, 0.25) is 0 Å². The van der Waals surface area contributed by atoms with Crippen LogP contribution in [0.1, 0.15) is 202 Å². The predicted molar refractivity (Wildman–Crippen MR) is 382 cm³/mol. The largest absolute Gasteiger partial charge is 0.466 e. The molecule has 108 heavy (non-hydrogen) atoms. The van der Waals surface area contributed by atoms with E-state index < -0.39 is 114 Å².